The van der Waals surface area contributed by atoms with Crippen LogP contribution in [0, 0.1) is 0 Å². The van der Waals surface area contributed by atoms with Crippen molar-refractivity contribution in [2.24, 2.45) is 0 Å². The monoisotopic (exact) mass is 573 g/mol. The maximum atomic E-state index is 13.3. The molecule has 41 heavy (non-hydrogen) atoms. The Hall–Kier alpha value is -4.62. The Morgan fingerprint density at radius 1 is 1.02 bits per heavy atom. The number of rotatable bonds is 12. The molecule has 1 aromatic heterocycles. The fraction of sp³-hybridized carbons (Fsp3) is 0.481. The topological polar surface area (TPSA) is 170 Å². The van der Waals surface area contributed by atoms with E-state index in [2.05, 4.69) is 10.4 Å². The number of carbonyl (C=O) groups excluding carboxylic acids is 4. The summed E-state index contributed by atoms with van der Waals surface area (Å²) in [6.07, 6.45) is -1.31. The summed E-state index contributed by atoms with van der Waals surface area (Å²) in [6, 6.07) is 8.94. The summed E-state index contributed by atoms with van der Waals surface area (Å²) >= 11 is 0. The number of carbonyl (C=O) groups is 5. The number of hydrogen-bond acceptors (Lipinski definition) is 9. The lowest BCUT2D eigenvalue weighted by molar-refractivity contribution is -0.150. The van der Waals surface area contributed by atoms with E-state index in [-0.39, 0.29) is 63.3 Å². The van der Waals surface area contributed by atoms with Crippen molar-refractivity contribution < 1.29 is 43.3 Å². The molecule has 1 aliphatic rings. The smallest absolute Gasteiger partial charge is 0.409 e. The fourth-order valence-corrected chi connectivity index (χ4v) is 4.06. The first-order valence-corrected chi connectivity index (χ1v) is 13.3. The van der Waals surface area contributed by atoms with Crippen LogP contribution in [0.1, 0.15) is 44.1 Å². The fourth-order valence-electron chi connectivity index (χ4n) is 4.06. The molecule has 222 valence electrons. The van der Waals surface area contributed by atoms with Crippen LogP contribution in [-0.2, 0) is 23.9 Å². The number of hydrogen-bond donors (Lipinski definition) is 2. The van der Waals surface area contributed by atoms with Gasteiger partial charge in [0.15, 0.2) is 12.3 Å². The molecule has 3 amide bonds. The van der Waals surface area contributed by atoms with Gasteiger partial charge in [0.2, 0.25) is 11.8 Å². The van der Waals surface area contributed by atoms with Gasteiger partial charge in [-0.3, -0.25) is 14.4 Å². The molecule has 0 radical (unpaired) electrons. The average Bonchev–Trinajstić information content (AvgIpc) is 3.38. The van der Waals surface area contributed by atoms with Crippen LogP contribution >= 0.6 is 0 Å². The normalized spacial score (nSPS) is 13.9. The van der Waals surface area contributed by atoms with Gasteiger partial charge in [-0.05, 0) is 39.3 Å². The van der Waals surface area contributed by atoms with Gasteiger partial charge in [0.05, 0.1) is 18.4 Å². The van der Waals surface area contributed by atoms with E-state index in [4.69, 9.17) is 14.2 Å². The van der Waals surface area contributed by atoms with Crippen molar-refractivity contribution in [1.82, 2.24) is 24.9 Å². The van der Waals surface area contributed by atoms with E-state index < -0.39 is 42.5 Å². The first kappa shape index (κ1) is 30.9. The summed E-state index contributed by atoms with van der Waals surface area (Å²) < 4.78 is 17.0. The third kappa shape index (κ3) is 8.95. The number of nitrogens with zero attached hydrogens (tertiary/aromatic N) is 4. The van der Waals surface area contributed by atoms with E-state index in [0.717, 1.165) is 0 Å². The van der Waals surface area contributed by atoms with Gasteiger partial charge in [-0.15, -0.1) is 0 Å². The Kier molecular flexibility index (Phi) is 11.1. The number of aliphatic carboxylic acids is 1. The van der Waals surface area contributed by atoms with E-state index in [1.54, 1.807) is 51.1 Å². The maximum absolute atomic E-state index is 13.3. The van der Waals surface area contributed by atoms with Gasteiger partial charge in [0.25, 0.3) is 5.91 Å². The lowest BCUT2D eigenvalue weighted by Crippen LogP contribution is -2.56. The van der Waals surface area contributed by atoms with Crippen molar-refractivity contribution in [2.45, 2.75) is 45.8 Å². The molecule has 0 bridgehead atoms. The van der Waals surface area contributed by atoms with Gasteiger partial charge in [-0.25, -0.2) is 14.3 Å². The Bertz CT molecular complexity index is 1220. The number of amides is 3. The molecule has 1 saturated heterocycles. The van der Waals surface area contributed by atoms with Crippen molar-refractivity contribution in [2.75, 3.05) is 39.4 Å². The molecule has 1 atom stereocenters. The molecule has 2 heterocycles. The quantitative estimate of drug-likeness (QED) is 0.355. The van der Waals surface area contributed by atoms with Gasteiger partial charge in [-0.2, -0.15) is 5.10 Å². The molecule has 0 spiro atoms. The summed E-state index contributed by atoms with van der Waals surface area (Å²) in [6.45, 7) is 5.80. The van der Waals surface area contributed by atoms with Crippen LogP contribution in [0.2, 0.25) is 0 Å². The van der Waals surface area contributed by atoms with Gasteiger partial charge in [0, 0.05) is 38.7 Å². The molecule has 0 unspecified atom stereocenters. The predicted octanol–water partition coefficient (Wildman–Crippen LogP) is 1.47. The summed E-state index contributed by atoms with van der Waals surface area (Å²) in [7, 11) is 0. The second kappa shape index (κ2) is 14.7. The Morgan fingerprint density at radius 3 is 2.29 bits per heavy atom. The molecular weight excluding hydrogens is 538 g/mol. The summed E-state index contributed by atoms with van der Waals surface area (Å²) in [5.41, 5.74) is 0.443. The van der Waals surface area contributed by atoms with Crippen molar-refractivity contribution in [3.8, 4) is 11.6 Å². The Labute approximate surface area is 237 Å². The standard InChI is InChI=1S/C27H35N5O9/c1-4-39-27(38)31-14-12-30(13-15-31)26(37)20(10-11-23(33)34)28-25(36)21-16-22(40-17-24(35)41-18(2)3)32(29-21)19-8-6-5-7-9-19/h5-9,16,18,20H,4,10-15,17H2,1-3H3,(H,28,36)(H,33,34)/t20-/m0/s1. The number of benzene rings is 1. The minimum Gasteiger partial charge on any atom is -0.481 e. The highest BCUT2D eigenvalue weighted by Crippen LogP contribution is 2.20. The lowest BCUT2D eigenvalue weighted by Gasteiger charge is -2.35. The Morgan fingerprint density at radius 2 is 1.68 bits per heavy atom. The summed E-state index contributed by atoms with van der Waals surface area (Å²) in [5, 5.41) is 16.1. The van der Waals surface area contributed by atoms with Crippen LogP contribution in [0.5, 0.6) is 5.88 Å². The molecule has 0 aliphatic carbocycles. The molecular formula is C27H35N5O9. The van der Waals surface area contributed by atoms with E-state index in [1.165, 1.54) is 20.5 Å². The van der Waals surface area contributed by atoms with Crippen LogP contribution in [0.15, 0.2) is 36.4 Å². The number of ether oxygens (including phenoxy) is 3. The molecule has 3 rings (SSSR count). The number of nitrogens with one attached hydrogen (secondary N) is 1. The number of esters is 1. The lowest BCUT2D eigenvalue weighted by atomic mass is 10.1. The third-order valence-electron chi connectivity index (χ3n) is 5.98. The SMILES string of the molecule is CCOC(=O)N1CCN(C(=O)[C@H](CCC(=O)O)NC(=O)c2cc(OCC(=O)OC(C)C)n(-c3ccccc3)n2)CC1. The minimum absolute atomic E-state index is 0.0885. The first-order valence-electron chi connectivity index (χ1n) is 13.3. The zero-order valence-corrected chi connectivity index (χ0v) is 23.3. The number of carboxylic acid groups (broad SMARTS) is 1. The van der Waals surface area contributed by atoms with E-state index in [9.17, 15) is 29.1 Å². The van der Waals surface area contributed by atoms with Crippen LogP contribution in [0.4, 0.5) is 4.79 Å². The molecule has 1 aliphatic heterocycles. The first-order chi connectivity index (χ1) is 19.6. The molecule has 2 aromatic rings. The van der Waals surface area contributed by atoms with Crippen molar-refractivity contribution in [3.05, 3.63) is 42.1 Å². The largest absolute Gasteiger partial charge is 0.481 e. The summed E-state index contributed by atoms with van der Waals surface area (Å²) in [4.78, 5) is 64.8. The summed E-state index contributed by atoms with van der Waals surface area (Å²) in [5.74, 6) is -2.84. The molecule has 1 fully saturated rings. The van der Waals surface area contributed by atoms with Gasteiger partial charge in [0.1, 0.15) is 6.04 Å². The number of aromatic nitrogens is 2. The van der Waals surface area contributed by atoms with E-state index in [1.807, 2.05) is 0 Å². The van der Waals surface area contributed by atoms with E-state index >= 15 is 0 Å². The molecule has 14 heteroatoms. The van der Waals surface area contributed by atoms with Gasteiger partial charge >= 0.3 is 18.0 Å². The van der Waals surface area contributed by atoms with Crippen molar-refractivity contribution in [3.63, 3.8) is 0 Å². The highest BCUT2D eigenvalue weighted by atomic mass is 16.6. The van der Waals surface area contributed by atoms with Gasteiger partial charge in [-0.1, -0.05) is 18.2 Å². The van der Waals surface area contributed by atoms with E-state index in [0.29, 0.717) is 5.69 Å². The second-order valence-electron chi connectivity index (χ2n) is 9.41. The Balaban J connectivity index is 1.76. The number of para-hydroxylation sites is 1. The van der Waals surface area contributed by atoms with Crippen LogP contribution in [0.25, 0.3) is 5.69 Å². The molecule has 2 N–H and O–H groups in total. The number of piperazine rings is 1. The highest BCUT2D eigenvalue weighted by molar-refractivity contribution is 5.96. The predicted molar refractivity (Wildman–Crippen MR) is 144 cm³/mol. The van der Waals surface area contributed by atoms with Crippen molar-refractivity contribution in [1.29, 1.82) is 0 Å². The minimum atomic E-state index is -1.15. The molecule has 14 nitrogen and oxygen atoms in total. The third-order valence-corrected chi connectivity index (χ3v) is 5.98. The van der Waals surface area contributed by atoms with Crippen LogP contribution in [0.3, 0.4) is 0 Å². The zero-order chi connectivity index (χ0) is 29.9. The van der Waals surface area contributed by atoms with Crippen LogP contribution < -0.4 is 10.1 Å². The second-order valence-corrected chi connectivity index (χ2v) is 9.41. The zero-order valence-electron chi connectivity index (χ0n) is 23.3. The number of carboxylic acids is 1. The van der Waals surface area contributed by atoms with Crippen molar-refractivity contribution >= 4 is 29.8 Å². The van der Waals surface area contributed by atoms with Crippen LogP contribution in [-0.4, -0.2) is 106 Å². The molecule has 0 saturated carbocycles. The maximum Gasteiger partial charge on any atom is 0.409 e. The highest BCUT2D eigenvalue weighted by Gasteiger charge is 2.31. The van der Waals surface area contributed by atoms with Gasteiger partial charge < -0.3 is 34.4 Å². The molecule has 1 aromatic carbocycles. The average molecular weight is 574 g/mol.